The highest BCUT2D eigenvalue weighted by Gasteiger charge is 2.15. The molecule has 1 aromatic heterocycles. The number of ether oxygens (including phenoxy) is 2. The Morgan fingerprint density at radius 1 is 0.842 bits per heavy atom. The highest BCUT2D eigenvalue weighted by Crippen LogP contribution is 2.22. The molecule has 1 heterocycles. The third kappa shape index (κ3) is 8.45. The van der Waals surface area contributed by atoms with E-state index in [-0.39, 0.29) is 18.9 Å². The van der Waals surface area contributed by atoms with Crippen molar-refractivity contribution in [2.45, 2.75) is 38.8 Å². The maximum Gasteiger partial charge on any atom is 0.287 e. The van der Waals surface area contributed by atoms with Gasteiger partial charge in [-0.05, 0) is 67.3 Å². The average molecular weight is 534 g/mol. The van der Waals surface area contributed by atoms with Gasteiger partial charge in [0.2, 0.25) is 17.6 Å². The van der Waals surface area contributed by atoms with E-state index in [4.69, 9.17) is 25.5 Å². The van der Waals surface area contributed by atoms with Crippen LogP contribution >= 0.6 is 11.6 Å². The fraction of sp³-hybridized carbons (Fsp3) is 0.241. The van der Waals surface area contributed by atoms with Crippen LogP contribution in [0.25, 0.3) is 11.5 Å². The van der Waals surface area contributed by atoms with E-state index in [1.807, 2.05) is 66.7 Å². The van der Waals surface area contributed by atoms with Crippen molar-refractivity contribution >= 4 is 23.3 Å². The van der Waals surface area contributed by atoms with E-state index in [0.29, 0.717) is 36.3 Å². The molecule has 0 spiro atoms. The van der Waals surface area contributed by atoms with Gasteiger partial charge in [-0.1, -0.05) is 48.0 Å². The number of hydrogen-bond donors (Lipinski definition) is 1. The Morgan fingerprint density at radius 3 is 2.45 bits per heavy atom. The SMILES string of the molecule is O=C(CCCCCOc1cccc(Cl)c1)C(=O)NCc1nnc(-c2ccc(OCc3ccccc3)cc2)o1. The van der Waals surface area contributed by atoms with Crippen LogP contribution in [0.2, 0.25) is 5.02 Å². The topological polar surface area (TPSA) is 104 Å². The molecule has 0 fully saturated rings. The summed E-state index contributed by atoms with van der Waals surface area (Å²) in [6.07, 6.45) is 2.30. The van der Waals surface area contributed by atoms with E-state index in [1.165, 1.54) is 0 Å². The Balaban J connectivity index is 1.13. The predicted octanol–water partition coefficient (Wildman–Crippen LogP) is 5.79. The summed E-state index contributed by atoms with van der Waals surface area (Å²) in [6, 6.07) is 24.4. The van der Waals surface area contributed by atoms with Crippen LogP contribution in [0.5, 0.6) is 11.5 Å². The summed E-state index contributed by atoms with van der Waals surface area (Å²) in [5, 5.41) is 11.1. The summed E-state index contributed by atoms with van der Waals surface area (Å²) in [4.78, 5) is 24.3. The first-order chi connectivity index (χ1) is 18.6. The normalized spacial score (nSPS) is 10.7. The minimum absolute atomic E-state index is 0.0245. The van der Waals surface area contributed by atoms with Gasteiger partial charge in [-0.2, -0.15) is 0 Å². The van der Waals surface area contributed by atoms with E-state index < -0.39 is 11.7 Å². The van der Waals surface area contributed by atoms with E-state index in [2.05, 4.69) is 15.5 Å². The van der Waals surface area contributed by atoms with Crippen molar-refractivity contribution in [1.82, 2.24) is 15.5 Å². The molecular weight excluding hydrogens is 506 g/mol. The number of benzene rings is 3. The molecule has 196 valence electrons. The molecule has 0 aliphatic carbocycles. The second kappa shape index (κ2) is 13.9. The number of hydrogen-bond acceptors (Lipinski definition) is 7. The van der Waals surface area contributed by atoms with Crippen molar-refractivity contribution in [3.05, 3.63) is 95.3 Å². The van der Waals surface area contributed by atoms with Gasteiger partial charge in [0.05, 0.1) is 13.2 Å². The van der Waals surface area contributed by atoms with Gasteiger partial charge >= 0.3 is 0 Å². The van der Waals surface area contributed by atoms with Gasteiger partial charge < -0.3 is 19.2 Å². The second-order valence-corrected chi connectivity index (χ2v) is 8.96. The first-order valence-corrected chi connectivity index (χ1v) is 12.7. The lowest BCUT2D eigenvalue weighted by atomic mass is 10.1. The van der Waals surface area contributed by atoms with Crippen molar-refractivity contribution in [2.75, 3.05) is 6.61 Å². The Hall–Kier alpha value is -4.17. The molecule has 0 radical (unpaired) electrons. The van der Waals surface area contributed by atoms with Crippen LogP contribution < -0.4 is 14.8 Å². The predicted molar refractivity (Wildman–Crippen MR) is 143 cm³/mol. The summed E-state index contributed by atoms with van der Waals surface area (Å²) < 4.78 is 17.0. The van der Waals surface area contributed by atoms with E-state index in [1.54, 1.807) is 12.1 Å². The zero-order valence-corrected chi connectivity index (χ0v) is 21.5. The lowest BCUT2D eigenvalue weighted by molar-refractivity contribution is -0.138. The largest absolute Gasteiger partial charge is 0.494 e. The lowest BCUT2D eigenvalue weighted by Crippen LogP contribution is -2.30. The molecule has 9 heteroatoms. The number of Topliss-reactive ketones (excluding diaryl/α,β-unsaturated/α-hetero) is 1. The first-order valence-electron chi connectivity index (χ1n) is 12.4. The number of amides is 1. The summed E-state index contributed by atoms with van der Waals surface area (Å²) in [5.74, 6) is 0.809. The second-order valence-electron chi connectivity index (χ2n) is 8.52. The zero-order valence-electron chi connectivity index (χ0n) is 20.8. The number of aromatic nitrogens is 2. The van der Waals surface area contributed by atoms with Gasteiger partial charge in [0.25, 0.3) is 5.91 Å². The zero-order chi connectivity index (χ0) is 26.6. The van der Waals surface area contributed by atoms with Crippen LogP contribution in [0.1, 0.15) is 37.1 Å². The maximum atomic E-state index is 12.1. The number of nitrogens with zero attached hydrogens (tertiary/aromatic N) is 2. The molecule has 0 atom stereocenters. The van der Waals surface area contributed by atoms with Gasteiger partial charge in [0, 0.05) is 17.0 Å². The minimum Gasteiger partial charge on any atom is -0.494 e. The highest BCUT2D eigenvalue weighted by molar-refractivity contribution is 6.36. The molecular formula is C29H28ClN3O5. The maximum absolute atomic E-state index is 12.1. The van der Waals surface area contributed by atoms with Crippen LogP contribution in [0, 0.1) is 0 Å². The Morgan fingerprint density at radius 2 is 1.66 bits per heavy atom. The summed E-state index contributed by atoms with van der Waals surface area (Å²) in [6.45, 7) is 0.967. The van der Waals surface area contributed by atoms with Crippen molar-refractivity contribution < 1.29 is 23.5 Å². The molecule has 0 bridgehead atoms. The fourth-order valence-electron chi connectivity index (χ4n) is 3.56. The Labute approximate surface area is 225 Å². The van der Waals surface area contributed by atoms with Gasteiger partial charge in [-0.25, -0.2) is 0 Å². The number of nitrogens with one attached hydrogen (secondary N) is 1. The fourth-order valence-corrected chi connectivity index (χ4v) is 3.74. The molecule has 4 aromatic rings. The molecule has 3 aromatic carbocycles. The van der Waals surface area contributed by atoms with Gasteiger partial charge in [0.1, 0.15) is 18.1 Å². The summed E-state index contributed by atoms with van der Waals surface area (Å²) in [7, 11) is 0. The standard InChI is InChI=1S/C29H28ClN3O5/c30-23-10-7-11-25(18-23)36-17-6-2-5-12-26(34)28(35)31-19-27-32-33-29(38-27)22-13-15-24(16-14-22)37-20-21-8-3-1-4-9-21/h1,3-4,7-11,13-16,18H,2,5-6,12,17,19-20H2,(H,31,35). The van der Waals surface area contributed by atoms with Crippen molar-refractivity contribution in [3.8, 4) is 23.0 Å². The van der Waals surface area contributed by atoms with Crippen LogP contribution in [-0.4, -0.2) is 28.5 Å². The Bertz CT molecular complexity index is 1330. The highest BCUT2D eigenvalue weighted by atomic mass is 35.5. The van der Waals surface area contributed by atoms with Crippen molar-refractivity contribution in [3.63, 3.8) is 0 Å². The third-order valence-corrected chi connectivity index (χ3v) is 5.82. The number of halogens is 1. The van der Waals surface area contributed by atoms with Gasteiger partial charge in [-0.3, -0.25) is 9.59 Å². The van der Waals surface area contributed by atoms with Crippen LogP contribution in [0.4, 0.5) is 0 Å². The number of rotatable bonds is 14. The van der Waals surface area contributed by atoms with E-state index in [9.17, 15) is 9.59 Å². The van der Waals surface area contributed by atoms with Crippen LogP contribution in [0.15, 0.2) is 83.3 Å². The lowest BCUT2D eigenvalue weighted by Gasteiger charge is -2.06. The van der Waals surface area contributed by atoms with Gasteiger partial charge in [-0.15, -0.1) is 10.2 Å². The number of carbonyl (C=O) groups excluding carboxylic acids is 2. The quantitative estimate of drug-likeness (QED) is 0.161. The molecule has 0 aliphatic heterocycles. The monoisotopic (exact) mass is 533 g/mol. The molecule has 4 rings (SSSR count). The molecule has 38 heavy (non-hydrogen) atoms. The van der Waals surface area contributed by atoms with E-state index >= 15 is 0 Å². The number of carbonyl (C=O) groups is 2. The minimum atomic E-state index is -0.667. The summed E-state index contributed by atoms with van der Waals surface area (Å²) >= 11 is 5.92. The number of unbranched alkanes of at least 4 members (excludes halogenated alkanes) is 2. The third-order valence-electron chi connectivity index (χ3n) is 5.58. The molecule has 1 amide bonds. The van der Waals surface area contributed by atoms with Crippen LogP contribution in [0.3, 0.4) is 0 Å². The summed E-state index contributed by atoms with van der Waals surface area (Å²) in [5.41, 5.74) is 1.80. The van der Waals surface area contributed by atoms with Crippen molar-refractivity contribution in [2.24, 2.45) is 0 Å². The molecule has 8 nitrogen and oxygen atoms in total. The molecule has 0 unspecified atom stereocenters. The first kappa shape index (κ1) is 26.9. The van der Waals surface area contributed by atoms with Crippen molar-refractivity contribution in [1.29, 1.82) is 0 Å². The van der Waals surface area contributed by atoms with Crippen LogP contribution in [-0.2, 0) is 22.7 Å². The Kier molecular flexibility index (Phi) is 9.87. The molecule has 1 N–H and O–H groups in total. The smallest absolute Gasteiger partial charge is 0.287 e. The average Bonchev–Trinajstić information content (AvgIpc) is 3.42. The molecule has 0 aliphatic rings. The van der Waals surface area contributed by atoms with E-state index in [0.717, 1.165) is 29.7 Å². The molecule has 0 saturated heterocycles. The number of ketones is 1. The molecule has 0 saturated carbocycles. The van der Waals surface area contributed by atoms with Gasteiger partial charge in [0.15, 0.2) is 0 Å².